The molecule has 4 rings (SSSR count). The van der Waals surface area contributed by atoms with Crippen molar-refractivity contribution in [2.75, 3.05) is 6.61 Å². The summed E-state index contributed by atoms with van der Waals surface area (Å²) >= 11 is 1.65. The number of fused-ring (bicyclic) bond motifs is 1. The van der Waals surface area contributed by atoms with E-state index in [0.29, 0.717) is 17.9 Å². The molecule has 4 nitrogen and oxygen atoms in total. The fraction of sp³-hybridized carbons (Fsp3) is 0.259. The third kappa shape index (κ3) is 5.74. The lowest BCUT2D eigenvalue weighted by atomic mass is 10.2. The van der Waals surface area contributed by atoms with Gasteiger partial charge < -0.3 is 9.47 Å². The number of para-hydroxylation sites is 1. The Balaban J connectivity index is 1.30. The van der Waals surface area contributed by atoms with Crippen LogP contribution in [0.15, 0.2) is 72.8 Å². The van der Waals surface area contributed by atoms with E-state index >= 15 is 0 Å². The fourth-order valence-electron chi connectivity index (χ4n) is 3.41. The van der Waals surface area contributed by atoms with Gasteiger partial charge in [-0.15, -0.1) is 11.3 Å². The molecule has 0 atom stereocenters. The standard InChI is InChI=1S/C27H27NO3S/c1-2-3-4-5-8-19-30-22-15-13-21(14-16-22)27(29)31-23-17-11-20(12-18-23)26-28-24-9-6-7-10-25(24)32-26/h6-7,9-18H,2-5,8,19H2,1H3. The van der Waals surface area contributed by atoms with E-state index in [1.165, 1.54) is 25.7 Å². The van der Waals surface area contributed by atoms with Gasteiger partial charge in [0.05, 0.1) is 22.4 Å². The number of ether oxygens (including phenoxy) is 2. The van der Waals surface area contributed by atoms with Gasteiger partial charge in [-0.2, -0.15) is 0 Å². The van der Waals surface area contributed by atoms with Gasteiger partial charge in [-0.05, 0) is 67.1 Å². The number of thiazole rings is 1. The zero-order valence-corrected chi connectivity index (χ0v) is 19.1. The van der Waals surface area contributed by atoms with Crippen molar-refractivity contribution >= 4 is 27.5 Å². The summed E-state index contributed by atoms with van der Waals surface area (Å²) < 4.78 is 12.4. The molecule has 0 saturated heterocycles. The first-order valence-corrected chi connectivity index (χ1v) is 12.0. The summed E-state index contributed by atoms with van der Waals surface area (Å²) in [4.78, 5) is 17.2. The molecule has 164 valence electrons. The molecule has 5 heteroatoms. The van der Waals surface area contributed by atoms with Crippen molar-refractivity contribution in [3.63, 3.8) is 0 Å². The minimum Gasteiger partial charge on any atom is -0.494 e. The smallest absolute Gasteiger partial charge is 0.343 e. The molecule has 3 aromatic carbocycles. The molecule has 0 aliphatic heterocycles. The van der Waals surface area contributed by atoms with Crippen LogP contribution in [-0.4, -0.2) is 17.6 Å². The van der Waals surface area contributed by atoms with E-state index in [1.807, 2.05) is 42.5 Å². The molecule has 1 aromatic heterocycles. The number of hydrogen-bond donors (Lipinski definition) is 0. The average molecular weight is 446 g/mol. The van der Waals surface area contributed by atoms with E-state index in [1.54, 1.807) is 35.6 Å². The van der Waals surface area contributed by atoms with Gasteiger partial charge in [0, 0.05) is 5.56 Å². The van der Waals surface area contributed by atoms with Gasteiger partial charge in [0.1, 0.15) is 16.5 Å². The Morgan fingerprint density at radius 3 is 2.31 bits per heavy atom. The van der Waals surface area contributed by atoms with Crippen LogP contribution < -0.4 is 9.47 Å². The second-order valence-electron chi connectivity index (χ2n) is 7.69. The Labute approximate surface area is 192 Å². The molecule has 0 saturated carbocycles. The zero-order chi connectivity index (χ0) is 22.2. The van der Waals surface area contributed by atoms with Gasteiger partial charge in [-0.1, -0.05) is 44.7 Å². The molecule has 1 heterocycles. The maximum absolute atomic E-state index is 12.5. The number of carbonyl (C=O) groups excluding carboxylic acids is 1. The quantitative estimate of drug-likeness (QED) is 0.144. The molecule has 0 fully saturated rings. The highest BCUT2D eigenvalue weighted by atomic mass is 32.1. The molecular weight excluding hydrogens is 418 g/mol. The summed E-state index contributed by atoms with van der Waals surface area (Å²) in [5, 5.41) is 0.949. The number of rotatable bonds is 10. The van der Waals surface area contributed by atoms with Gasteiger partial charge in [0.15, 0.2) is 0 Å². The van der Waals surface area contributed by atoms with Crippen molar-refractivity contribution in [2.24, 2.45) is 0 Å². The molecule has 4 aromatic rings. The number of esters is 1. The van der Waals surface area contributed by atoms with Crippen molar-refractivity contribution in [1.29, 1.82) is 0 Å². The van der Waals surface area contributed by atoms with Crippen LogP contribution >= 0.6 is 11.3 Å². The van der Waals surface area contributed by atoms with E-state index in [2.05, 4.69) is 18.0 Å². The summed E-state index contributed by atoms with van der Waals surface area (Å²) in [7, 11) is 0. The highest BCUT2D eigenvalue weighted by Crippen LogP contribution is 2.31. The summed E-state index contributed by atoms with van der Waals surface area (Å²) in [6.45, 7) is 2.91. The molecule has 0 aliphatic rings. The first kappa shape index (κ1) is 22.0. The molecule has 0 radical (unpaired) electrons. The van der Waals surface area contributed by atoms with Gasteiger partial charge in [0.2, 0.25) is 0 Å². The Kier molecular flexibility index (Phi) is 7.51. The third-order valence-electron chi connectivity index (χ3n) is 5.21. The normalized spacial score (nSPS) is 10.9. The van der Waals surface area contributed by atoms with Crippen LogP contribution in [0.2, 0.25) is 0 Å². The molecule has 0 aliphatic carbocycles. The topological polar surface area (TPSA) is 48.4 Å². The van der Waals surface area contributed by atoms with Gasteiger partial charge in [-0.25, -0.2) is 9.78 Å². The third-order valence-corrected chi connectivity index (χ3v) is 6.30. The van der Waals surface area contributed by atoms with E-state index in [4.69, 9.17) is 9.47 Å². The monoisotopic (exact) mass is 445 g/mol. The van der Waals surface area contributed by atoms with Gasteiger partial charge in [0.25, 0.3) is 0 Å². The SMILES string of the molecule is CCCCCCCOc1ccc(C(=O)Oc2ccc(-c3nc4ccccc4s3)cc2)cc1. The van der Waals surface area contributed by atoms with Crippen LogP contribution in [0.25, 0.3) is 20.8 Å². The molecule has 0 amide bonds. The predicted molar refractivity (Wildman–Crippen MR) is 131 cm³/mol. The number of hydrogen-bond acceptors (Lipinski definition) is 5. The summed E-state index contributed by atoms with van der Waals surface area (Å²) in [6, 6.07) is 22.7. The van der Waals surface area contributed by atoms with Crippen LogP contribution in [0.4, 0.5) is 0 Å². The highest BCUT2D eigenvalue weighted by Gasteiger charge is 2.10. The highest BCUT2D eigenvalue weighted by molar-refractivity contribution is 7.21. The molecule has 0 spiro atoms. The Hall–Kier alpha value is -3.18. The molecule has 0 unspecified atom stereocenters. The van der Waals surface area contributed by atoms with E-state index in [-0.39, 0.29) is 5.97 Å². The minimum absolute atomic E-state index is 0.385. The van der Waals surface area contributed by atoms with Crippen molar-refractivity contribution < 1.29 is 14.3 Å². The number of aromatic nitrogens is 1. The fourth-order valence-corrected chi connectivity index (χ4v) is 4.38. The lowest BCUT2D eigenvalue weighted by Gasteiger charge is -2.08. The van der Waals surface area contributed by atoms with Crippen LogP contribution in [0, 0.1) is 0 Å². The summed E-state index contributed by atoms with van der Waals surface area (Å²) in [5.41, 5.74) is 2.49. The largest absolute Gasteiger partial charge is 0.494 e. The molecule has 32 heavy (non-hydrogen) atoms. The molecule has 0 N–H and O–H groups in total. The minimum atomic E-state index is -0.385. The van der Waals surface area contributed by atoms with Gasteiger partial charge >= 0.3 is 5.97 Å². The van der Waals surface area contributed by atoms with Gasteiger partial charge in [-0.3, -0.25) is 0 Å². The van der Waals surface area contributed by atoms with Crippen molar-refractivity contribution in [2.45, 2.75) is 39.0 Å². The van der Waals surface area contributed by atoms with E-state index < -0.39 is 0 Å². The summed E-state index contributed by atoms with van der Waals surface area (Å²) in [5.74, 6) is 0.897. The van der Waals surface area contributed by atoms with E-state index in [0.717, 1.165) is 33.0 Å². The van der Waals surface area contributed by atoms with Crippen LogP contribution in [0.1, 0.15) is 49.4 Å². The Morgan fingerprint density at radius 1 is 0.844 bits per heavy atom. The maximum Gasteiger partial charge on any atom is 0.343 e. The Bertz CT molecular complexity index is 1120. The first-order chi connectivity index (χ1) is 15.7. The number of carbonyl (C=O) groups is 1. The average Bonchev–Trinajstić information content (AvgIpc) is 3.26. The second kappa shape index (κ2) is 10.9. The number of unbranched alkanes of at least 4 members (excludes halogenated alkanes) is 4. The van der Waals surface area contributed by atoms with Crippen LogP contribution in [0.3, 0.4) is 0 Å². The summed E-state index contributed by atoms with van der Waals surface area (Å²) in [6.07, 6.45) is 6.02. The molecular formula is C27H27NO3S. The van der Waals surface area contributed by atoms with E-state index in [9.17, 15) is 4.79 Å². The van der Waals surface area contributed by atoms with Crippen LogP contribution in [0.5, 0.6) is 11.5 Å². The maximum atomic E-state index is 12.5. The number of benzene rings is 3. The molecule has 0 bridgehead atoms. The predicted octanol–water partition coefficient (Wildman–Crippen LogP) is 7.53. The van der Waals surface area contributed by atoms with Crippen molar-refractivity contribution in [3.8, 4) is 22.1 Å². The van der Waals surface area contributed by atoms with Crippen molar-refractivity contribution in [1.82, 2.24) is 4.98 Å². The zero-order valence-electron chi connectivity index (χ0n) is 18.3. The Morgan fingerprint density at radius 2 is 1.56 bits per heavy atom. The lowest BCUT2D eigenvalue weighted by molar-refractivity contribution is 0.0734. The first-order valence-electron chi connectivity index (χ1n) is 11.1. The second-order valence-corrected chi connectivity index (χ2v) is 8.72. The lowest BCUT2D eigenvalue weighted by Crippen LogP contribution is -2.08. The van der Waals surface area contributed by atoms with Crippen LogP contribution in [-0.2, 0) is 0 Å². The van der Waals surface area contributed by atoms with Crippen molar-refractivity contribution in [3.05, 3.63) is 78.4 Å². The number of nitrogens with zero attached hydrogens (tertiary/aromatic N) is 1.